The third-order valence-corrected chi connectivity index (χ3v) is 6.60. The van der Waals surface area contributed by atoms with Crippen molar-refractivity contribution in [3.05, 3.63) is 76.7 Å². The fourth-order valence-electron chi connectivity index (χ4n) is 3.36. The molecule has 2 nitrogen and oxygen atoms in total. The van der Waals surface area contributed by atoms with Crippen molar-refractivity contribution in [1.29, 1.82) is 0 Å². The maximum Gasteiger partial charge on any atom is 0.0812 e. The highest BCUT2D eigenvalue weighted by Gasteiger charge is 2.23. The highest BCUT2D eigenvalue weighted by atomic mass is 32.2. The van der Waals surface area contributed by atoms with E-state index >= 15 is 0 Å². The van der Waals surface area contributed by atoms with Crippen LogP contribution in [0.25, 0.3) is 0 Å². The topological polar surface area (TPSA) is 37.3 Å². The average Bonchev–Trinajstić information content (AvgIpc) is 2.72. The third-order valence-electron chi connectivity index (χ3n) is 5.05. The number of hydrogen-bond donors (Lipinski definition) is 1. The predicted octanol–water partition coefficient (Wildman–Crippen LogP) is 6.51. The van der Waals surface area contributed by atoms with Gasteiger partial charge in [-0.15, -0.1) is 0 Å². The Labute approximate surface area is 173 Å². The van der Waals surface area contributed by atoms with Crippen LogP contribution in [-0.4, -0.2) is 15.4 Å². The number of aliphatic hydroxyl groups is 1. The molecule has 0 saturated carbocycles. The molecule has 152 valence electrons. The normalized spacial score (nSPS) is 15.2. The first kappa shape index (κ1) is 22.6. The number of unbranched alkanes of at least 4 members (excludes halogenated alkanes) is 2. The second-order valence-electron chi connectivity index (χ2n) is 7.47. The quantitative estimate of drug-likeness (QED) is 0.468. The summed E-state index contributed by atoms with van der Waals surface area (Å²) >= 11 is 0. The van der Waals surface area contributed by atoms with E-state index < -0.39 is 16.9 Å². The van der Waals surface area contributed by atoms with E-state index in [2.05, 4.69) is 26.0 Å². The molecule has 28 heavy (non-hydrogen) atoms. The van der Waals surface area contributed by atoms with E-state index in [0.29, 0.717) is 6.42 Å². The Kier molecular flexibility index (Phi) is 9.66. The summed E-state index contributed by atoms with van der Waals surface area (Å²) in [5.41, 5.74) is 2.32. The Balaban J connectivity index is 2.45. The van der Waals surface area contributed by atoms with E-state index in [0.717, 1.165) is 47.5 Å². The van der Waals surface area contributed by atoms with Crippen LogP contribution in [0.15, 0.2) is 70.5 Å². The van der Waals surface area contributed by atoms with Gasteiger partial charge in [-0.2, -0.15) is 0 Å². The van der Waals surface area contributed by atoms with Crippen molar-refractivity contribution < 1.29 is 9.32 Å². The smallest absolute Gasteiger partial charge is 0.0812 e. The van der Waals surface area contributed by atoms with Crippen LogP contribution < -0.4 is 0 Å². The van der Waals surface area contributed by atoms with Gasteiger partial charge in [-0.25, -0.2) is 4.21 Å². The molecule has 0 aliphatic carbocycles. The zero-order chi connectivity index (χ0) is 20.4. The Morgan fingerprint density at radius 2 is 1.57 bits per heavy atom. The summed E-state index contributed by atoms with van der Waals surface area (Å²) in [6, 6.07) is 18.2. The lowest BCUT2D eigenvalue weighted by Gasteiger charge is -2.22. The maximum atomic E-state index is 13.6. The molecule has 0 aromatic heterocycles. The predicted molar refractivity (Wildman–Crippen MR) is 120 cm³/mol. The first-order valence-corrected chi connectivity index (χ1v) is 11.6. The summed E-state index contributed by atoms with van der Waals surface area (Å²) in [6.45, 7) is 6.33. The fraction of sp³-hybridized carbons (Fsp3) is 0.440. The van der Waals surface area contributed by atoms with Crippen LogP contribution in [0, 0.1) is 6.92 Å². The second-order valence-corrected chi connectivity index (χ2v) is 8.95. The summed E-state index contributed by atoms with van der Waals surface area (Å²) in [5.74, 6) is 0.0552. The standard InChI is InChI=1S/C25H34O2S/c1-4-6-13-22(26)19-25(28(27)23-17-15-20(3)16-18-23)24(14-7-5-2)21-11-9-8-10-12-21/h8-12,15-19,22,24,26H,4-7,13-14H2,1-3H3/b25-19-/t22-,24+,28?/m1/s1. The molecule has 3 atom stereocenters. The minimum Gasteiger partial charge on any atom is -0.389 e. The molecule has 0 heterocycles. The Hall–Kier alpha value is -1.71. The zero-order valence-corrected chi connectivity index (χ0v) is 18.3. The summed E-state index contributed by atoms with van der Waals surface area (Å²) in [6.07, 6.45) is 7.12. The summed E-state index contributed by atoms with van der Waals surface area (Å²) in [5, 5.41) is 10.6. The molecule has 0 amide bonds. The van der Waals surface area contributed by atoms with Crippen molar-refractivity contribution in [3.8, 4) is 0 Å². The van der Waals surface area contributed by atoms with Crippen molar-refractivity contribution in [2.24, 2.45) is 0 Å². The lowest BCUT2D eigenvalue weighted by atomic mass is 9.92. The average molecular weight is 399 g/mol. The van der Waals surface area contributed by atoms with Gasteiger partial charge in [0.15, 0.2) is 0 Å². The minimum absolute atomic E-state index is 0.0552. The monoisotopic (exact) mass is 398 g/mol. The Bertz CT molecular complexity index is 750. The summed E-state index contributed by atoms with van der Waals surface area (Å²) < 4.78 is 13.6. The first-order chi connectivity index (χ1) is 13.6. The Morgan fingerprint density at radius 3 is 2.18 bits per heavy atom. The third kappa shape index (κ3) is 6.72. The van der Waals surface area contributed by atoms with Crippen molar-refractivity contribution >= 4 is 10.8 Å². The van der Waals surface area contributed by atoms with Crippen LogP contribution in [0.4, 0.5) is 0 Å². The molecule has 0 aliphatic heterocycles. The fourth-order valence-corrected chi connectivity index (χ4v) is 4.81. The molecule has 0 bridgehead atoms. The lowest BCUT2D eigenvalue weighted by molar-refractivity contribution is 0.208. The maximum absolute atomic E-state index is 13.6. The van der Waals surface area contributed by atoms with Gasteiger partial charge in [0.25, 0.3) is 0 Å². The number of hydrogen-bond acceptors (Lipinski definition) is 2. The SMILES string of the molecule is CCCC[C@H](/C(=C/[C@H](O)CCCC)S(=O)c1ccc(C)cc1)c1ccccc1. The van der Waals surface area contributed by atoms with Crippen LogP contribution in [0.5, 0.6) is 0 Å². The number of rotatable bonds is 11. The van der Waals surface area contributed by atoms with E-state index in [4.69, 9.17) is 0 Å². The van der Waals surface area contributed by atoms with Crippen molar-refractivity contribution in [3.63, 3.8) is 0 Å². The van der Waals surface area contributed by atoms with Gasteiger partial charge in [-0.3, -0.25) is 0 Å². The van der Waals surface area contributed by atoms with Gasteiger partial charge in [0.2, 0.25) is 0 Å². The van der Waals surface area contributed by atoms with Gasteiger partial charge in [-0.05, 0) is 43.5 Å². The van der Waals surface area contributed by atoms with E-state index in [9.17, 15) is 9.32 Å². The molecule has 3 heteroatoms. The van der Waals surface area contributed by atoms with Crippen molar-refractivity contribution in [2.45, 2.75) is 76.2 Å². The van der Waals surface area contributed by atoms with E-state index in [1.165, 1.54) is 5.56 Å². The molecule has 1 unspecified atom stereocenters. The molecular weight excluding hydrogens is 364 g/mol. The lowest BCUT2D eigenvalue weighted by Crippen LogP contribution is -2.13. The number of aryl methyl sites for hydroxylation is 1. The highest BCUT2D eigenvalue weighted by molar-refractivity contribution is 7.89. The summed E-state index contributed by atoms with van der Waals surface area (Å²) in [4.78, 5) is 1.64. The molecule has 2 aromatic carbocycles. The van der Waals surface area contributed by atoms with Gasteiger partial charge in [0, 0.05) is 15.7 Å². The number of aliphatic hydroxyl groups excluding tert-OH is 1. The van der Waals surface area contributed by atoms with E-state index in [1.807, 2.05) is 55.5 Å². The molecule has 2 aromatic rings. The van der Waals surface area contributed by atoms with Crippen molar-refractivity contribution in [2.75, 3.05) is 0 Å². The second kappa shape index (κ2) is 12.0. The first-order valence-electron chi connectivity index (χ1n) is 10.5. The van der Waals surface area contributed by atoms with E-state index in [1.54, 1.807) is 0 Å². The Morgan fingerprint density at radius 1 is 0.964 bits per heavy atom. The molecule has 0 saturated heterocycles. The van der Waals surface area contributed by atoms with Crippen LogP contribution in [0.3, 0.4) is 0 Å². The summed E-state index contributed by atoms with van der Waals surface area (Å²) in [7, 11) is -1.29. The van der Waals surface area contributed by atoms with Crippen molar-refractivity contribution in [1.82, 2.24) is 0 Å². The number of benzene rings is 2. The van der Waals surface area contributed by atoms with Crippen LogP contribution >= 0.6 is 0 Å². The van der Waals surface area contributed by atoms with Gasteiger partial charge < -0.3 is 5.11 Å². The molecule has 1 N–H and O–H groups in total. The van der Waals surface area contributed by atoms with Gasteiger partial charge in [0.1, 0.15) is 0 Å². The largest absolute Gasteiger partial charge is 0.389 e. The highest BCUT2D eigenvalue weighted by Crippen LogP contribution is 2.35. The van der Waals surface area contributed by atoms with E-state index in [-0.39, 0.29) is 5.92 Å². The van der Waals surface area contributed by atoms with Crippen LogP contribution in [0.2, 0.25) is 0 Å². The minimum atomic E-state index is -1.29. The molecule has 0 aliphatic rings. The van der Waals surface area contributed by atoms with Gasteiger partial charge >= 0.3 is 0 Å². The van der Waals surface area contributed by atoms with Gasteiger partial charge in [-0.1, -0.05) is 87.6 Å². The molecule has 0 radical (unpaired) electrons. The molecule has 0 fully saturated rings. The van der Waals surface area contributed by atoms with Crippen LogP contribution in [-0.2, 0) is 10.8 Å². The molecule has 2 rings (SSSR count). The van der Waals surface area contributed by atoms with Gasteiger partial charge in [0.05, 0.1) is 16.9 Å². The molecular formula is C25H34O2S. The van der Waals surface area contributed by atoms with Crippen LogP contribution in [0.1, 0.15) is 69.4 Å². The zero-order valence-electron chi connectivity index (χ0n) is 17.4. The molecule has 0 spiro atoms. The number of allylic oxidation sites excluding steroid dienone is 1.